The zero-order valence-corrected chi connectivity index (χ0v) is 11.7. The maximum absolute atomic E-state index is 2.40. The highest BCUT2D eigenvalue weighted by atomic mass is 28.3. The van der Waals surface area contributed by atoms with Gasteiger partial charge in [0.25, 0.3) is 0 Å². The van der Waals surface area contributed by atoms with E-state index in [2.05, 4.69) is 63.0 Å². The molecule has 0 fully saturated rings. The Labute approximate surface area is 99.3 Å². The van der Waals surface area contributed by atoms with Crippen molar-refractivity contribution in [2.45, 2.75) is 33.0 Å². The lowest BCUT2D eigenvalue weighted by atomic mass is 10.1. The van der Waals surface area contributed by atoms with E-state index in [0.29, 0.717) is 0 Å². The molecule has 0 aliphatic rings. The van der Waals surface area contributed by atoms with Gasteiger partial charge in [0.05, 0.1) is 8.07 Å². The molecule has 0 aliphatic heterocycles. The molecular weight excluding hydrogens is 208 g/mol. The third-order valence-electron chi connectivity index (χ3n) is 3.18. The van der Waals surface area contributed by atoms with E-state index >= 15 is 0 Å². The van der Waals surface area contributed by atoms with E-state index in [1.54, 1.807) is 5.19 Å². The second-order valence-corrected chi connectivity index (χ2v) is 10.6. The normalized spacial score (nSPS) is 12.0. The van der Waals surface area contributed by atoms with Gasteiger partial charge in [-0.2, -0.15) is 0 Å². The summed E-state index contributed by atoms with van der Waals surface area (Å²) < 4.78 is 0. The summed E-state index contributed by atoms with van der Waals surface area (Å²) in [6, 6.07) is 13.8. The molecule has 84 valence electrons. The first-order valence-electron chi connectivity index (χ1n) is 6.04. The van der Waals surface area contributed by atoms with Crippen LogP contribution in [0.2, 0.25) is 19.6 Å². The van der Waals surface area contributed by atoms with Crippen molar-refractivity contribution in [3.05, 3.63) is 42.0 Å². The van der Waals surface area contributed by atoms with Crippen LogP contribution in [0.3, 0.4) is 0 Å². The minimum absolute atomic E-state index is 1.12. The smallest absolute Gasteiger partial charge is 0.0656 e. The van der Waals surface area contributed by atoms with Gasteiger partial charge < -0.3 is 0 Å². The monoisotopic (exact) mass is 228 g/mol. The van der Waals surface area contributed by atoms with E-state index in [4.69, 9.17) is 0 Å². The van der Waals surface area contributed by atoms with Gasteiger partial charge in [-0.3, -0.25) is 0 Å². The largest absolute Gasteiger partial charge is 0.0776 e. The van der Waals surface area contributed by atoms with Crippen LogP contribution < -0.4 is 5.19 Å². The summed E-state index contributed by atoms with van der Waals surface area (Å²) in [5, 5.41) is 4.31. The standard InChI is InChI=1S/C15H20Si/c1-5-12-6-7-14-11-15(16(2,3)4)9-8-13(14)10-12/h6-11H,5H2,1-4H3. The van der Waals surface area contributed by atoms with Crippen molar-refractivity contribution in [3.8, 4) is 0 Å². The van der Waals surface area contributed by atoms with Crippen molar-refractivity contribution in [3.63, 3.8) is 0 Å². The molecule has 2 aromatic rings. The molecule has 0 atom stereocenters. The molecule has 0 unspecified atom stereocenters. The predicted molar refractivity (Wildman–Crippen MR) is 76.3 cm³/mol. The van der Waals surface area contributed by atoms with Crippen LogP contribution in [-0.4, -0.2) is 8.07 Å². The second kappa shape index (κ2) is 4.06. The number of aryl methyl sites for hydroxylation is 1. The van der Waals surface area contributed by atoms with Gasteiger partial charge in [-0.1, -0.05) is 68.1 Å². The van der Waals surface area contributed by atoms with Gasteiger partial charge in [-0.15, -0.1) is 0 Å². The van der Waals surface area contributed by atoms with E-state index in [9.17, 15) is 0 Å². The molecule has 0 saturated carbocycles. The fourth-order valence-corrected chi connectivity index (χ4v) is 3.15. The summed E-state index contributed by atoms with van der Waals surface area (Å²) in [5.41, 5.74) is 1.42. The number of fused-ring (bicyclic) bond motifs is 1. The Balaban J connectivity index is 2.56. The van der Waals surface area contributed by atoms with Crippen LogP contribution in [0.15, 0.2) is 36.4 Å². The van der Waals surface area contributed by atoms with Crippen LogP contribution in [0.1, 0.15) is 12.5 Å². The van der Waals surface area contributed by atoms with E-state index < -0.39 is 8.07 Å². The van der Waals surface area contributed by atoms with Crippen molar-refractivity contribution in [2.75, 3.05) is 0 Å². The van der Waals surface area contributed by atoms with Crippen LogP contribution in [-0.2, 0) is 6.42 Å². The Kier molecular flexibility index (Phi) is 2.89. The lowest BCUT2D eigenvalue weighted by molar-refractivity contribution is 1.15. The van der Waals surface area contributed by atoms with E-state index in [1.165, 1.54) is 16.3 Å². The number of hydrogen-bond donors (Lipinski definition) is 0. The van der Waals surface area contributed by atoms with Crippen molar-refractivity contribution < 1.29 is 0 Å². The maximum atomic E-state index is 2.40. The van der Waals surface area contributed by atoms with Gasteiger partial charge in [0.15, 0.2) is 0 Å². The Hall–Kier alpha value is -1.08. The van der Waals surface area contributed by atoms with Crippen LogP contribution >= 0.6 is 0 Å². The predicted octanol–water partition coefficient (Wildman–Crippen LogP) is 3.95. The van der Waals surface area contributed by atoms with Crippen molar-refractivity contribution in [1.29, 1.82) is 0 Å². The average molecular weight is 228 g/mol. The molecule has 0 spiro atoms. The Morgan fingerprint density at radius 2 is 1.50 bits per heavy atom. The first-order chi connectivity index (χ1) is 7.50. The first-order valence-corrected chi connectivity index (χ1v) is 9.54. The van der Waals surface area contributed by atoms with Crippen molar-refractivity contribution in [1.82, 2.24) is 0 Å². The highest BCUT2D eigenvalue weighted by Gasteiger charge is 2.16. The quantitative estimate of drug-likeness (QED) is 0.683. The molecule has 0 bridgehead atoms. The maximum Gasteiger partial charge on any atom is 0.0776 e. The Bertz CT molecular complexity index is 506. The van der Waals surface area contributed by atoms with Crippen LogP contribution in [0.4, 0.5) is 0 Å². The summed E-state index contributed by atoms with van der Waals surface area (Å²) >= 11 is 0. The molecule has 0 nitrogen and oxygen atoms in total. The lowest BCUT2D eigenvalue weighted by Gasteiger charge is -2.17. The zero-order valence-electron chi connectivity index (χ0n) is 10.7. The molecule has 0 N–H and O–H groups in total. The Morgan fingerprint density at radius 3 is 2.12 bits per heavy atom. The summed E-state index contributed by atoms with van der Waals surface area (Å²) in [4.78, 5) is 0. The third kappa shape index (κ3) is 2.19. The third-order valence-corrected chi connectivity index (χ3v) is 5.22. The number of rotatable bonds is 2. The second-order valence-electron chi connectivity index (χ2n) is 5.50. The van der Waals surface area contributed by atoms with Crippen molar-refractivity contribution >= 4 is 24.0 Å². The average Bonchev–Trinajstić information content (AvgIpc) is 2.26. The zero-order chi connectivity index (χ0) is 11.8. The van der Waals surface area contributed by atoms with E-state index in [0.717, 1.165) is 6.42 Å². The minimum atomic E-state index is -1.17. The molecule has 0 aromatic heterocycles. The van der Waals surface area contributed by atoms with Gasteiger partial charge in [-0.05, 0) is 22.8 Å². The highest BCUT2D eigenvalue weighted by Crippen LogP contribution is 2.16. The van der Waals surface area contributed by atoms with E-state index in [-0.39, 0.29) is 0 Å². The fraction of sp³-hybridized carbons (Fsp3) is 0.333. The minimum Gasteiger partial charge on any atom is -0.0656 e. The first kappa shape index (κ1) is 11.4. The van der Waals surface area contributed by atoms with Gasteiger partial charge in [0, 0.05) is 0 Å². The van der Waals surface area contributed by atoms with Crippen molar-refractivity contribution in [2.24, 2.45) is 0 Å². The molecule has 2 rings (SSSR count). The highest BCUT2D eigenvalue weighted by molar-refractivity contribution is 6.88. The van der Waals surface area contributed by atoms with Crippen LogP contribution in [0.25, 0.3) is 10.8 Å². The van der Waals surface area contributed by atoms with Crippen LogP contribution in [0.5, 0.6) is 0 Å². The summed E-state index contributed by atoms with van der Waals surface area (Å²) in [5.74, 6) is 0. The topological polar surface area (TPSA) is 0 Å². The molecule has 0 saturated heterocycles. The lowest BCUT2D eigenvalue weighted by Crippen LogP contribution is -2.37. The van der Waals surface area contributed by atoms with E-state index in [1.807, 2.05) is 0 Å². The van der Waals surface area contributed by atoms with Gasteiger partial charge >= 0.3 is 0 Å². The molecule has 0 amide bonds. The SMILES string of the molecule is CCc1ccc2cc([Si](C)(C)C)ccc2c1. The molecule has 0 radical (unpaired) electrons. The molecule has 2 aromatic carbocycles. The summed E-state index contributed by atoms with van der Waals surface area (Å²) in [6.45, 7) is 9.40. The summed E-state index contributed by atoms with van der Waals surface area (Å²) in [6.07, 6.45) is 1.12. The number of hydrogen-bond acceptors (Lipinski definition) is 0. The van der Waals surface area contributed by atoms with Crippen LogP contribution in [0, 0.1) is 0 Å². The van der Waals surface area contributed by atoms with Gasteiger partial charge in [0.1, 0.15) is 0 Å². The Morgan fingerprint density at radius 1 is 0.875 bits per heavy atom. The molecule has 0 heterocycles. The summed E-state index contributed by atoms with van der Waals surface area (Å²) in [7, 11) is -1.17. The molecule has 1 heteroatoms. The fourth-order valence-electron chi connectivity index (χ4n) is 1.98. The van der Waals surface area contributed by atoms with Gasteiger partial charge in [0.2, 0.25) is 0 Å². The molecule has 16 heavy (non-hydrogen) atoms. The number of benzene rings is 2. The molecular formula is C15H20Si. The van der Waals surface area contributed by atoms with Gasteiger partial charge in [-0.25, -0.2) is 0 Å². The molecule has 0 aliphatic carbocycles.